The molecule has 0 saturated carbocycles. The quantitative estimate of drug-likeness (QED) is 0.673. The van der Waals surface area contributed by atoms with E-state index in [2.05, 4.69) is 15.2 Å². The molecule has 1 aromatic rings. The van der Waals surface area contributed by atoms with E-state index in [0.29, 0.717) is 17.8 Å². The third-order valence-corrected chi connectivity index (χ3v) is 4.42. The van der Waals surface area contributed by atoms with E-state index < -0.39 is 0 Å². The SMILES string of the molecule is Cc1nc(C2CCCN2C2CCNC2)ccc1[N+](=O)[O-]. The first-order valence-corrected chi connectivity index (χ1v) is 7.25. The highest BCUT2D eigenvalue weighted by Gasteiger charge is 2.34. The number of nitrogens with one attached hydrogen (secondary N) is 1. The third kappa shape index (κ3) is 2.41. The summed E-state index contributed by atoms with van der Waals surface area (Å²) in [5.74, 6) is 0. The van der Waals surface area contributed by atoms with Crippen molar-refractivity contribution in [2.24, 2.45) is 0 Å². The van der Waals surface area contributed by atoms with Crippen molar-refractivity contribution in [3.05, 3.63) is 33.6 Å². The van der Waals surface area contributed by atoms with Crippen molar-refractivity contribution in [1.82, 2.24) is 15.2 Å². The number of nitrogens with zero attached hydrogens (tertiary/aromatic N) is 3. The van der Waals surface area contributed by atoms with E-state index in [1.54, 1.807) is 13.0 Å². The minimum atomic E-state index is -0.362. The van der Waals surface area contributed by atoms with Crippen LogP contribution in [0.4, 0.5) is 5.69 Å². The zero-order chi connectivity index (χ0) is 14.1. The van der Waals surface area contributed by atoms with Gasteiger partial charge in [0.15, 0.2) is 0 Å². The molecule has 2 atom stereocenters. The molecule has 2 aliphatic heterocycles. The lowest BCUT2D eigenvalue weighted by atomic mass is 10.1. The average Bonchev–Trinajstić information content (AvgIpc) is 3.09. The van der Waals surface area contributed by atoms with E-state index in [4.69, 9.17) is 0 Å². The molecule has 0 bridgehead atoms. The summed E-state index contributed by atoms with van der Waals surface area (Å²) in [5, 5.41) is 14.3. The molecule has 2 saturated heterocycles. The molecule has 1 aromatic heterocycles. The molecule has 3 rings (SSSR count). The van der Waals surface area contributed by atoms with Gasteiger partial charge < -0.3 is 5.32 Å². The lowest BCUT2D eigenvalue weighted by Gasteiger charge is -2.29. The fourth-order valence-electron chi connectivity index (χ4n) is 3.42. The molecule has 2 fully saturated rings. The maximum absolute atomic E-state index is 10.9. The summed E-state index contributed by atoms with van der Waals surface area (Å²) in [6, 6.07) is 4.33. The van der Waals surface area contributed by atoms with Crippen molar-refractivity contribution in [3.63, 3.8) is 0 Å². The van der Waals surface area contributed by atoms with Crippen LogP contribution in [-0.2, 0) is 0 Å². The highest BCUT2D eigenvalue weighted by molar-refractivity contribution is 5.36. The first-order chi connectivity index (χ1) is 9.66. The van der Waals surface area contributed by atoms with Gasteiger partial charge in [-0.05, 0) is 45.3 Å². The lowest BCUT2D eigenvalue weighted by Crippen LogP contribution is -2.36. The number of aryl methyl sites for hydroxylation is 1. The summed E-state index contributed by atoms with van der Waals surface area (Å²) in [7, 11) is 0. The number of hydrogen-bond donors (Lipinski definition) is 1. The fraction of sp³-hybridized carbons (Fsp3) is 0.643. The van der Waals surface area contributed by atoms with Crippen molar-refractivity contribution >= 4 is 5.69 Å². The Kier molecular flexibility index (Phi) is 3.67. The largest absolute Gasteiger partial charge is 0.315 e. The molecule has 0 spiro atoms. The zero-order valence-electron chi connectivity index (χ0n) is 11.7. The minimum absolute atomic E-state index is 0.112. The molecule has 2 unspecified atom stereocenters. The Morgan fingerprint density at radius 2 is 2.30 bits per heavy atom. The van der Waals surface area contributed by atoms with Crippen molar-refractivity contribution < 1.29 is 4.92 Å². The fourth-order valence-corrected chi connectivity index (χ4v) is 3.42. The number of nitro groups is 1. The summed E-state index contributed by atoms with van der Waals surface area (Å²) in [6.45, 7) is 4.95. The summed E-state index contributed by atoms with van der Waals surface area (Å²) in [4.78, 5) is 17.5. The number of aromatic nitrogens is 1. The number of pyridine rings is 1. The molecule has 108 valence electrons. The van der Waals surface area contributed by atoms with Crippen molar-refractivity contribution in [2.45, 2.75) is 38.3 Å². The van der Waals surface area contributed by atoms with Crippen LogP contribution in [0, 0.1) is 17.0 Å². The van der Waals surface area contributed by atoms with Crippen LogP contribution in [0.1, 0.15) is 36.7 Å². The van der Waals surface area contributed by atoms with Crippen LogP contribution >= 0.6 is 0 Å². The molecule has 3 heterocycles. The molecule has 6 nitrogen and oxygen atoms in total. The predicted molar refractivity (Wildman–Crippen MR) is 75.6 cm³/mol. The van der Waals surface area contributed by atoms with Gasteiger partial charge >= 0.3 is 0 Å². The molecule has 6 heteroatoms. The van der Waals surface area contributed by atoms with Crippen molar-refractivity contribution in [1.29, 1.82) is 0 Å². The van der Waals surface area contributed by atoms with E-state index in [0.717, 1.165) is 31.7 Å². The number of hydrogen-bond acceptors (Lipinski definition) is 5. The van der Waals surface area contributed by atoms with Crippen LogP contribution in [0.3, 0.4) is 0 Å². The van der Waals surface area contributed by atoms with Crippen LogP contribution in [0.2, 0.25) is 0 Å². The lowest BCUT2D eigenvalue weighted by molar-refractivity contribution is -0.385. The summed E-state index contributed by atoms with van der Waals surface area (Å²) >= 11 is 0. The molecule has 0 radical (unpaired) electrons. The molecular formula is C14H20N4O2. The highest BCUT2D eigenvalue weighted by Crippen LogP contribution is 2.34. The number of rotatable bonds is 3. The second-order valence-corrected chi connectivity index (χ2v) is 5.64. The standard InChI is InChI=1S/C14H20N4O2/c1-10-13(18(19)20)5-4-12(16-10)14-3-2-8-17(14)11-6-7-15-9-11/h4-5,11,14-15H,2-3,6-9H2,1H3. The summed E-state index contributed by atoms with van der Waals surface area (Å²) in [5.41, 5.74) is 1.61. The van der Waals surface area contributed by atoms with Gasteiger partial charge in [0, 0.05) is 18.7 Å². The van der Waals surface area contributed by atoms with Gasteiger partial charge in [0.25, 0.3) is 5.69 Å². The first-order valence-electron chi connectivity index (χ1n) is 7.25. The molecule has 1 N–H and O–H groups in total. The molecule has 0 aromatic carbocycles. The van der Waals surface area contributed by atoms with Crippen LogP contribution in [0.5, 0.6) is 0 Å². The maximum Gasteiger partial charge on any atom is 0.290 e. The Balaban J connectivity index is 1.84. The van der Waals surface area contributed by atoms with Crippen LogP contribution in [0.25, 0.3) is 0 Å². The van der Waals surface area contributed by atoms with Gasteiger partial charge in [-0.25, -0.2) is 4.98 Å². The van der Waals surface area contributed by atoms with Gasteiger partial charge in [0.2, 0.25) is 0 Å². The van der Waals surface area contributed by atoms with Crippen LogP contribution < -0.4 is 5.32 Å². The van der Waals surface area contributed by atoms with Gasteiger partial charge in [-0.3, -0.25) is 15.0 Å². The van der Waals surface area contributed by atoms with E-state index in [1.807, 2.05) is 6.07 Å². The summed E-state index contributed by atoms with van der Waals surface area (Å²) in [6.07, 6.45) is 3.46. The second kappa shape index (κ2) is 5.46. The van der Waals surface area contributed by atoms with Gasteiger partial charge in [-0.1, -0.05) is 0 Å². The zero-order valence-corrected chi connectivity index (χ0v) is 11.7. The topological polar surface area (TPSA) is 71.3 Å². The molecule has 2 aliphatic rings. The molecule has 0 amide bonds. The minimum Gasteiger partial charge on any atom is -0.315 e. The highest BCUT2D eigenvalue weighted by atomic mass is 16.6. The van der Waals surface area contributed by atoms with Gasteiger partial charge in [-0.2, -0.15) is 0 Å². The van der Waals surface area contributed by atoms with E-state index in [-0.39, 0.29) is 10.6 Å². The third-order valence-electron chi connectivity index (χ3n) is 4.42. The Labute approximate surface area is 118 Å². The Morgan fingerprint density at radius 3 is 2.95 bits per heavy atom. The van der Waals surface area contributed by atoms with E-state index in [9.17, 15) is 10.1 Å². The summed E-state index contributed by atoms with van der Waals surface area (Å²) < 4.78 is 0. The van der Waals surface area contributed by atoms with Gasteiger partial charge in [0.1, 0.15) is 5.69 Å². The number of likely N-dealkylation sites (tertiary alicyclic amines) is 1. The maximum atomic E-state index is 10.9. The smallest absolute Gasteiger partial charge is 0.290 e. The molecule has 0 aliphatic carbocycles. The van der Waals surface area contributed by atoms with Crippen molar-refractivity contribution in [3.8, 4) is 0 Å². The Bertz CT molecular complexity index is 514. The molecular weight excluding hydrogens is 256 g/mol. The van der Waals surface area contributed by atoms with Crippen molar-refractivity contribution in [2.75, 3.05) is 19.6 Å². The first kappa shape index (κ1) is 13.5. The second-order valence-electron chi connectivity index (χ2n) is 5.64. The van der Waals surface area contributed by atoms with E-state index >= 15 is 0 Å². The Hall–Kier alpha value is -1.53. The van der Waals surface area contributed by atoms with Gasteiger partial charge in [0.05, 0.1) is 16.7 Å². The monoisotopic (exact) mass is 276 g/mol. The van der Waals surface area contributed by atoms with Crippen LogP contribution in [-0.4, -0.2) is 40.5 Å². The van der Waals surface area contributed by atoms with Crippen LogP contribution in [0.15, 0.2) is 12.1 Å². The predicted octanol–water partition coefficient (Wildman–Crippen LogP) is 1.80. The van der Waals surface area contributed by atoms with Gasteiger partial charge in [-0.15, -0.1) is 0 Å². The normalized spacial score (nSPS) is 27.1. The molecule has 20 heavy (non-hydrogen) atoms. The Morgan fingerprint density at radius 1 is 1.45 bits per heavy atom. The van der Waals surface area contributed by atoms with E-state index in [1.165, 1.54) is 12.8 Å². The average molecular weight is 276 g/mol.